The molecule has 1 aromatic heterocycles. The minimum absolute atomic E-state index is 0.108. The number of hydrogen-bond acceptors (Lipinski definition) is 4. The summed E-state index contributed by atoms with van der Waals surface area (Å²) in [6.45, 7) is 6.66. The average Bonchev–Trinajstić information content (AvgIpc) is 2.60. The van der Waals surface area contributed by atoms with Gasteiger partial charge in [0.15, 0.2) is 0 Å². The molecule has 2 aromatic rings. The Morgan fingerprint density at radius 3 is 2.75 bits per heavy atom. The van der Waals surface area contributed by atoms with Gasteiger partial charge in [0, 0.05) is 38.1 Å². The van der Waals surface area contributed by atoms with Crippen molar-refractivity contribution in [3.8, 4) is 0 Å². The molecule has 1 N–H and O–H groups in total. The van der Waals surface area contributed by atoms with Crippen LogP contribution in [0, 0.1) is 0 Å². The minimum atomic E-state index is 0.108. The van der Waals surface area contributed by atoms with E-state index in [2.05, 4.69) is 39.2 Å². The molecule has 1 aromatic carbocycles. The Bertz CT molecular complexity index is 713. The van der Waals surface area contributed by atoms with Gasteiger partial charge in [0.1, 0.15) is 11.0 Å². The first-order chi connectivity index (χ1) is 11.7. The van der Waals surface area contributed by atoms with Gasteiger partial charge in [0.25, 0.3) is 0 Å². The van der Waals surface area contributed by atoms with E-state index >= 15 is 0 Å². The predicted molar refractivity (Wildman–Crippen MR) is 98.7 cm³/mol. The molecule has 0 aliphatic carbocycles. The fourth-order valence-corrected chi connectivity index (χ4v) is 3.23. The van der Waals surface area contributed by atoms with E-state index in [-0.39, 0.29) is 5.91 Å². The second kappa shape index (κ2) is 7.81. The van der Waals surface area contributed by atoms with Crippen molar-refractivity contribution in [1.82, 2.24) is 15.2 Å². The van der Waals surface area contributed by atoms with Gasteiger partial charge in [-0.1, -0.05) is 42.8 Å². The first-order valence-corrected chi connectivity index (χ1v) is 8.84. The number of halogens is 1. The lowest BCUT2D eigenvalue weighted by Crippen LogP contribution is -2.49. The van der Waals surface area contributed by atoms with Gasteiger partial charge < -0.3 is 10.2 Å². The minimum Gasteiger partial charge on any atom is -0.355 e. The largest absolute Gasteiger partial charge is 0.355 e. The predicted octanol–water partition coefficient (Wildman–Crippen LogP) is 2.54. The molecule has 0 bridgehead atoms. The van der Waals surface area contributed by atoms with Crippen molar-refractivity contribution in [1.29, 1.82) is 0 Å². The molecule has 1 saturated heterocycles. The Kier molecular flexibility index (Phi) is 5.53. The number of aromatic nitrogens is 1. The smallest absolute Gasteiger partial charge is 0.234 e. The maximum Gasteiger partial charge on any atom is 0.234 e. The molecule has 0 radical (unpaired) electrons. The normalized spacial score (nSPS) is 15.7. The lowest BCUT2D eigenvalue weighted by molar-refractivity contribution is -0.122. The molecule has 0 atom stereocenters. The SMILES string of the molecule is CCCNC(=O)CN1CCN(c2nc(Cl)cc3ccccc23)CC1. The molecule has 128 valence electrons. The number of carbonyl (C=O) groups is 1. The maximum absolute atomic E-state index is 11.8. The van der Waals surface area contributed by atoms with E-state index in [0.29, 0.717) is 11.7 Å². The fourth-order valence-electron chi connectivity index (χ4n) is 3.03. The summed E-state index contributed by atoms with van der Waals surface area (Å²) in [5, 5.41) is 5.68. The number of nitrogens with zero attached hydrogens (tertiary/aromatic N) is 3. The van der Waals surface area contributed by atoms with Crippen molar-refractivity contribution in [2.45, 2.75) is 13.3 Å². The van der Waals surface area contributed by atoms with Crippen LogP contribution in [0.3, 0.4) is 0 Å². The maximum atomic E-state index is 11.8. The van der Waals surface area contributed by atoms with Gasteiger partial charge in [0.2, 0.25) is 5.91 Å². The first kappa shape index (κ1) is 17.0. The number of amides is 1. The lowest BCUT2D eigenvalue weighted by Gasteiger charge is -2.35. The first-order valence-electron chi connectivity index (χ1n) is 8.46. The summed E-state index contributed by atoms with van der Waals surface area (Å²) in [6, 6.07) is 10.1. The number of pyridine rings is 1. The van der Waals surface area contributed by atoms with Crippen LogP contribution in [0.2, 0.25) is 5.15 Å². The van der Waals surface area contributed by atoms with E-state index in [1.807, 2.05) is 18.2 Å². The zero-order chi connectivity index (χ0) is 16.9. The highest BCUT2D eigenvalue weighted by Gasteiger charge is 2.21. The van der Waals surface area contributed by atoms with Crippen LogP contribution < -0.4 is 10.2 Å². The van der Waals surface area contributed by atoms with E-state index in [4.69, 9.17) is 11.6 Å². The van der Waals surface area contributed by atoms with Crippen LogP contribution in [0.1, 0.15) is 13.3 Å². The zero-order valence-electron chi connectivity index (χ0n) is 14.0. The van der Waals surface area contributed by atoms with Gasteiger partial charge in [-0.3, -0.25) is 9.69 Å². The monoisotopic (exact) mass is 346 g/mol. The number of nitrogens with one attached hydrogen (secondary N) is 1. The summed E-state index contributed by atoms with van der Waals surface area (Å²) < 4.78 is 0. The van der Waals surface area contributed by atoms with Crippen LogP contribution in [0.15, 0.2) is 30.3 Å². The Morgan fingerprint density at radius 1 is 1.25 bits per heavy atom. The highest BCUT2D eigenvalue weighted by atomic mass is 35.5. The van der Waals surface area contributed by atoms with Crippen molar-refractivity contribution in [3.05, 3.63) is 35.5 Å². The lowest BCUT2D eigenvalue weighted by atomic mass is 10.1. The van der Waals surface area contributed by atoms with Crippen LogP contribution in [0.4, 0.5) is 5.82 Å². The van der Waals surface area contributed by atoms with Gasteiger partial charge in [-0.25, -0.2) is 4.98 Å². The summed E-state index contributed by atoms with van der Waals surface area (Å²) in [7, 11) is 0. The summed E-state index contributed by atoms with van der Waals surface area (Å²) in [6.07, 6.45) is 0.965. The number of benzene rings is 1. The number of piperazine rings is 1. The molecule has 1 aliphatic rings. The Hall–Kier alpha value is -1.85. The van der Waals surface area contributed by atoms with Crippen molar-refractivity contribution in [2.75, 3.05) is 44.2 Å². The number of carbonyl (C=O) groups excluding carboxylic acids is 1. The molecule has 3 rings (SSSR count). The van der Waals surface area contributed by atoms with E-state index in [0.717, 1.165) is 55.7 Å². The Morgan fingerprint density at radius 2 is 2.00 bits per heavy atom. The summed E-state index contributed by atoms with van der Waals surface area (Å²) in [5.41, 5.74) is 0. The standard InChI is InChI=1S/C18H23ClN4O/c1-2-7-20-17(24)13-22-8-10-23(11-9-22)18-15-6-4-3-5-14(15)12-16(19)21-18/h3-6,12H,2,7-11,13H2,1H3,(H,20,24). The molecule has 0 saturated carbocycles. The summed E-state index contributed by atoms with van der Waals surface area (Å²) in [5.74, 6) is 1.05. The second-order valence-corrected chi connectivity index (χ2v) is 6.49. The third-order valence-corrected chi connectivity index (χ3v) is 4.49. The molecule has 5 nitrogen and oxygen atoms in total. The molecular formula is C18H23ClN4O. The van der Waals surface area contributed by atoms with Crippen LogP contribution >= 0.6 is 11.6 Å². The van der Waals surface area contributed by atoms with Gasteiger partial charge in [-0.2, -0.15) is 0 Å². The molecule has 6 heteroatoms. The van der Waals surface area contributed by atoms with Crippen molar-refractivity contribution >= 4 is 34.1 Å². The van der Waals surface area contributed by atoms with E-state index in [1.165, 1.54) is 0 Å². The molecule has 1 aliphatic heterocycles. The number of hydrogen-bond donors (Lipinski definition) is 1. The third-order valence-electron chi connectivity index (χ3n) is 4.30. The number of rotatable bonds is 5. The molecule has 1 amide bonds. The Labute approximate surface area is 147 Å². The van der Waals surface area contributed by atoms with Gasteiger partial charge in [-0.05, 0) is 17.9 Å². The van der Waals surface area contributed by atoms with Crippen molar-refractivity contribution < 1.29 is 4.79 Å². The van der Waals surface area contributed by atoms with Crippen molar-refractivity contribution in [3.63, 3.8) is 0 Å². The van der Waals surface area contributed by atoms with E-state index < -0.39 is 0 Å². The van der Waals surface area contributed by atoms with Crippen LogP contribution in [0.25, 0.3) is 10.8 Å². The highest BCUT2D eigenvalue weighted by Crippen LogP contribution is 2.28. The summed E-state index contributed by atoms with van der Waals surface area (Å²) >= 11 is 6.19. The highest BCUT2D eigenvalue weighted by molar-refractivity contribution is 6.30. The molecule has 0 unspecified atom stereocenters. The van der Waals surface area contributed by atoms with E-state index in [9.17, 15) is 4.79 Å². The molecule has 0 spiro atoms. The topological polar surface area (TPSA) is 48.5 Å². The molecule has 1 fully saturated rings. The second-order valence-electron chi connectivity index (χ2n) is 6.10. The number of fused-ring (bicyclic) bond motifs is 1. The Balaban J connectivity index is 1.66. The van der Waals surface area contributed by atoms with Crippen LogP contribution in [-0.4, -0.2) is 55.1 Å². The third kappa shape index (κ3) is 3.97. The average molecular weight is 347 g/mol. The van der Waals surface area contributed by atoms with Crippen LogP contribution in [-0.2, 0) is 4.79 Å². The molecular weight excluding hydrogens is 324 g/mol. The summed E-state index contributed by atoms with van der Waals surface area (Å²) in [4.78, 5) is 20.8. The van der Waals surface area contributed by atoms with Crippen molar-refractivity contribution in [2.24, 2.45) is 0 Å². The fraction of sp³-hybridized carbons (Fsp3) is 0.444. The number of anilines is 1. The van der Waals surface area contributed by atoms with Gasteiger partial charge in [0.05, 0.1) is 6.54 Å². The van der Waals surface area contributed by atoms with E-state index in [1.54, 1.807) is 0 Å². The quantitative estimate of drug-likeness (QED) is 0.845. The van der Waals surface area contributed by atoms with Gasteiger partial charge in [-0.15, -0.1) is 0 Å². The van der Waals surface area contributed by atoms with Gasteiger partial charge >= 0.3 is 0 Å². The molecule has 24 heavy (non-hydrogen) atoms. The van der Waals surface area contributed by atoms with Crippen LogP contribution in [0.5, 0.6) is 0 Å². The molecule has 2 heterocycles. The zero-order valence-corrected chi connectivity index (χ0v) is 14.7.